The molecular weight excluding hydrogens is 236 g/mol. The Balaban J connectivity index is 2.47. The van der Waals surface area contributed by atoms with E-state index in [9.17, 15) is 0 Å². The van der Waals surface area contributed by atoms with Gasteiger partial charge in [-0.25, -0.2) is 0 Å². The summed E-state index contributed by atoms with van der Waals surface area (Å²) >= 11 is 1.90. The van der Waals surface area contributed by atoms with Crippen LogP contribution in [0.15, 0.2) is 40.1 Å². The van der Waals surface area contributed by atoms with E-state index in [1.165, 1.54) is 37.6 Å². The van der Waals surface area contributed by atoms with Crippen molar-refractivity contribution in [1.82, 2.24) is 0 Å². The quantitative estimate of drug-likeness (QED) is 0.695. The van der Waals surface area contributed by atoms with Crippen LogP contribution in [0.1, 0.15) is 27.8 Å². The van der Waals surface area contributed by atoms with Gasteiger partial charge in [0.05, 0.1) is 0 Å². The van der Waals surface area contributed by atoms with Crippen molar-refractivity contribution in [2.24, 2.45) is 0 Å². The second kappa shape index (κ2) is 5.19. The summed E-state index contributed by atoms with van der Waals surface area (Å²) in [5, 5.41) is 0. The molecule has 0 bridgehead atoms. The first-order chi connectivity index (χ1) is 8.49. The fraction of sp³-hybridized carbons (Fsp3) is 0.294. The fourth-order valence-corrected chi connectivity index (χ4v) is 3.49. The van der Waals surface area contributed by atoms with Crippen molar-refractivity contribution in [2.45, 2.75) is 44.4 Å². The highest BCUT2D eigenvalue weighted by Crippen LogP contribution is 2.37. The first-order valence-corrected chi connectivity index (χ1v) is 7.12. The molecule has 0 aromatic heterocycles. The van der Waals surface area contributed by atoms with Crippen LogP contribution in [0.3, 0.4) is 0 Å². The van der Waals surface area contributed by atoms with Gasteiger partial charge in [-0.1, -0.05) is 47.7 Å². The molecule has 0 radical (unpaired) electrons. The van der Waals surface area contributed by atoms with Crippen LogP contribution in [0.25, 0.3) is 0 Å². The maximum absolute atomic E-state index is 2.27. The summed E-state index contributed by atoms with van der Waals surface area (Å²) in [5.41, 5.74) is 6.81. The molecule has 0 amide bonds. The van der Waals surface area contributed by atoms with Crippen molar-refractivity contribution in [2.75, 3.05) is 0 Å². The normalized spacial score (nSPS) is 10.7. The molecule has 2 aromatic rings. The van der Waals surface area contributed by atoms with Crippen molar-refractivity contribution in [1.29, 1.82) is 0 Å². The standard InChI is InChI=1S/C17H20S/c1-11-9-14(4)17(15(5)10-11)18-16-12(2)7-6-8-13(16)3/h6-10H,1-5H3. The summed E-state index contributed by atoms with van der Waals surface area (Å²) < 4.78 is 0. The smallest absolute Gasteiger partial charge is 0.0181 e. The predicted octanol–water partition coefficient (Wildman–Crippen LogP) is 5.38. The van der Waals surface area contributed by atoms with Gasteiger partial charge in [0, 0.05) is 9.79 Å². The second-order valence-corrected chi connectivity index (χ2v) is 6.07. The maximum atomic E-state index is 2.27. The first-order valence-electron chi connectivity index (χ1n) is 6.31. The van der Waals surface area contributed by atoms with Crippen molar-refractivity contribution in [3.05, 3.63) is 58.1 Å². The summed E-state index contributed by atoms with van der Waals surface area (Å²) in [6.45, 7) is 10.9. The Morgan fingerprint density at radius 2 is 1.11 bits per heavy atom. The summed E-state index contributed by atoms with van der Waals surface area (Å²) in [6, 6.07) is 11.0. The number of rotatable bonds is 2. The molecule has 0 heterocycles. The van der Waals surface area contributed by atoms with Crippen molar-refractivity contribution in [3.8, 4) is 0 Å². The minimum absolute atomic E-state index is 1.34. The van der Waals surface area contributed by atoms with E-state index in [-0.39, 0.29) is 0 Å². The van der Waals surface area contributed by atoms with Crippen LogP contribution in [0.4, 0.5) is 0 Å². The molecule has 0 aliphatic carbocycles. The third-order valence-electron chi connectivity index (χ3n) is 3.22. The van der Waals surface area contributed by atoms with Gasteiger partial charge in [0.1, 0.15) is 0 Å². The molecule has 2 rings (SSSR count). The van der Waals surface area contributed by atoms with E-state index in [0.29, 0.717) is 0 Å². The Kier molecular flexibility index (Phi) is 3.82. The molecule has 0 aliphatic heterocycles. The van der Waals surface area contributed by atoms with Gasteiger partial charge in [0.2, 0.25) is 0 Å². The first kappa shape index (κ1) is 13.2. The monoisotopic (exact) mass is 256 g/mol. The zero-order valence-electron chi connectivity index (χ0n) is 11.8. The lowest BCUT2D eigenvalue weighted by Crippen LogP contribution is -1.90. The molecule has 0 fully saturated rings. The van der Waals surface area contributed by atoms with E-state index < -0.39 is 0 Å². The minimum atomic E-state index is 1.34. The summed E-state index contributed by atoms with van der Waals surface area (Å²) in [5.74, 6) is 0. The highest BCUT2D eigenvalue weighted by atomic mass is 32.2. The molecule has 0 saturated carbocycles. The molecule has 0 spiro atoms. The zero-order chi connectivity index (χ0) is 13.3. The lowest BCUT2D eigenvalue weighted by atomic mass is 10.1. The molecular formula is C17H20S. The number of hydrogen-bond donors (Lipinski definition) is 0. The third-order valence-corrected chi connectivity index (χ3v) is 4.91. The molecule has 94 valence electrons. The van der Waals surface area contributed by atoms with E-state index in [2.05, 4.69) is 65.0 Å². The van der Waals surface area contributed by atoms with Crippen LogP contribution in [0.5, 0.6) is 0 Å². The molecule has 1 heteroatoms. The van der Waals surface area contributed by atoms with E-state index in [1.807, 2.05) is 11.8 Å². The van der Waals surface area contributed by atoms with Crippen LogP contribution in [-0.4, -0.2) is 0 Å². The summed E-state index contributed by atoms with van der Waals surface area (Å²) in [6.07, 6.45) is 0. The van der Waals surface area contributed by atoms with E-state index in [0.717, 1.165) is 0 Å². The lowest BCUT2D eigenvalue weighted by Gasteiger charge is -2.14. The molecule has 0 unspecified atom stereocenters. The van der Waals surface area contributed by atoms with Crippen molar-refractivity contribution < 1.29 is 0 Å². The molecule has 2 aromatic carbocycles. The zero-order valence-corrected chi connectivity index (χ0v) is 12.6. The Bertz CT molecular complexity index is 539. The topological polar surface area (TPSA) is 0 Å². The van der Waals surface area contributed by atoms with Crippen molar-refractivity contribution in [3.63, 3.8) is 0 Å². The van der Waals surface area contributed by atoms with Crippen LogP contribution in [0.2, 0.25) is 0 Å². The molecule has 18 heavy (non-hydrogen) atoms. The molecule has 0 aliphatic rings. The average molecular weight is 256 g/mol. The van der Waals surface area contributed by atoms with E-state index >= 15 is 0 Å². The van der Waals surface area contributed by atoms with Gasteiger partial charge in [-0.2, -0.15) is 0 Å². The molecule has 0 saturated heterocycles. The van der Waals surface area contributed by atoms with Gasteiger partial charge in [-0.15, -0.1) is 0 Å². The number of aryl methyl sites for hydroxylation is 5. The molecule has 0 N–H and O–H groups in total. The Morgan fingerprint density at radius 3 is 1.61 bits per heavy atom. The van der Waals surface area contributed by atoms with Gasteiger partial charge in [-0.3, -0.25) is 0 Å². The summed E-state index contributed by atoms with van der Waals surface area (Å²) in [4.78, 5) is 2.80. The summed E-state index contributed by atoms with van der Waals surface area (Å²) in [7, 11) is 0. The third kappa shape index (κ3) is 2.62. The van der Waals surface area contributed by atoms with E-state index in [1.54, 1.807) is 0 Å². The number of hydrogen-bond acceptors (Lipinski definition) is 1. The van der Waals surface area contributed by atoms with Gasteiger partial charge in [-0.05, 0) is 56.9 Å². The molecule has 0 nitrogen and oxygen atoms in total. The Morgan fingerprint density at radius 1 is 0.667 bits per heavy atom. The second-order valence-electron chi connectivity index (χ2n) is 5.05. The van der Waals surface area contributed by atoms with Crippen LogP contribution >= 0.6 is 11.8 Å². The predicted molar refractivity (Wildman–Crippen MR) is 80.7 cm³/mol. The molecule has 0 atom stereocenters. The van der Waals surface area contributed by atoms with E-state index in [4.69, 9.17) is 0 Å². The Hall–Kier alpha value is -1.21. The van der Waals surface area contributed by atoms with Crippen LogP contribution in [-0.2, 0) is 0 Å². The Labute approximate surface area is 114 Å². The minimum Gasteiger partial charge on any atom is -0.0890 e. The highest BCUT2D eigenvalue weighted by molar-refractivity contribution is 7.99. The average Bonchev–Trinajstić information content (AvgIpc) is 2.26. The SMILES string of the molecule is Cc1cc(C)c(Sc2c(C)cccc2C)c(C)c1. The lowest BCUT2D eigenvalue weighted by molar-refractivity contribution is 1.16. The highest BCUT2D eigenvalue weighted by Gasteiger charge is 2.09. The number of benzene rings is 2. The van der Waals surface area contributed by atoms with Crippen LogP contribution < -0.4 is 0 Å². The van der Waals surface area contributed by atoms with Crippen molar-refractivity contribution >= 4 is 11.8 Å². The maximum Gasteiger partial charge on any atom is 0.0181 e. The van der Waals surface area contributed by atoms with Gasteiger partial charge in [0.25, 0.3) is 0 Å². The largest absolute Gasteiger partial charge is 0.0890 e. The van der Waals surface area contributed by atoms with Gasteiger partial charge < -0.3 is 0 Å². The van der Waals surface area contributed by atoms with Gasteiger partial charge in [0.15, 0.2) is 0 Å². The van der Waals surface area contributed by atoms with Gasteiger partial charge >= 0.3 is 0 Å². The van der Waals surface area contributed by atoms with Crippen LogP contribution in [0, 0.1) is 34.6 Å². The fourth-order valence-electron chi connectivity index (χ4n) is 2.39.